The van der Waals surface area contributed by atoms with Gasteiger partial charge in [0, 0.05) is 0 Å². The van der Waals surface area contributed by atoms with Gasteiger partial charge >= 0.3 is 6.18 Å². The monoisotopic (exact) mass is 209 g/mol. The van der Waals surface area contributed by atoms with E-state index < -0.39 is 17.4 Å². The summed E-state index contributed by atoms with van der Waals surface area (Å²) in [6, 6.07) is 2.64. The Labute approximate surface area is 78.3 Å². The zero-order valence-electron chi connectivity index (χ0n) is 6.74. The van der Waals surface area contributed by atoms with Crippen molar-refractivity contribution >= 4 is 17.3 Å². The Morgan fingerprint density at radius 1 is 1.31 bits per heavy atom. The molecule has 0 unspecified atom stereocenters. The van der Waals surface area contributed by atoms with E-state index in [1.807, 2.05) is 0 Å². The maximum atomic E-state index is 12.4. The predicted octanol–water partition coefficient (Wildman–Crippen LogP) is 3.25. The van der Waals surface area contributed by atoms with Crippen LogP contribution in [0.4, 0.5) is 18.9 Å². The topological polar surface area (TPSA) is 26.0 Å². The number of halogens is 4. The molecule has 0 radical (unpaired) electrons. The van der Waals surface area contributed by atoms with Crippen LogP contribution in [0.1, 0.15) is 11.1 Å². The molecular weight excluding hydrogens is 203 g/mol. The number of anilines is 1. The summed E-state index contributed by atoms with van der Waals surface area (Å²) >= 11 is 5.47. The smallest absolute Gasteiger partial charge is 0.397 e. The number of hydrogen-bond acceptors (Lipinski definition) is 1. The Kier molecular flexibility index (Phi) is 2.43. The summed E-state index contributed by atoms with van der Waals surface area (Å²) in [5.74, 6) is 0. The maximum Gasteiger partial charge on any atom is 0.418 e. The van der Waals surface area contributed by atoms with Crippen molar-refractivity contribution in [2.45, 2.75) is 13.1 Å². The number of benzene rings is 1. The molecule has 5 heteroatoms. The number of hydrogen-bond donors (Lipinski definition) is 1. The van der Waals surface area contributed by atoms with Gasteiger partial charge in [0.25, 0.3) is 0 Å². The van der Waals surface area contributed by atoms with Crippen LogP contribution in [0.25, 0.3) is 0 Å². The van der Waals surface area contributed by atoms with Gasteiger partial charge in [-0.15, -0.1) is 0 Å². The summed E-state index contributed by atoms with van der Waals surface area (Å²) in [6.07, 6.45) is -4.45. The van der Waals surface area contributed by atoms with E-state index in [0.717, 1.165) is 0 Å². The molecule has 0 heterocycles. The lowest BCUT2D eigenvalue weighted by atomic mass is 10.1. The molecule has 0 aromatic heterocycles. The van der Waals surface area contributed by atoms with Gasteiger partial charge in [-0.25, -0.2) is 0 Å². The number of aryl methyl sites for hydroxylation is 1. The van der Waals surface area contributed by atoms with Crippen molar-refractivity contribution in [1.82, 2.24) is 0 Å². The van der Waals surface area contributed by atoms with Crippen LogP contribution in [0.15, 0.2) is 12.1 Å². The highest BCUT2D eigenvalue weighted by Gasteiger charge is 2.35. The summed E-state index contributed by atoms with van der Waals surface area (Å²) in [7, 11) is 0. The van der Waals surface area contributed by atoms with Crippen LogP contribution in [0.5, 0.6) is 0 Å². The zero-order valence-corrected chi connectivity index (χ0v) is 7.50. The Bertz CT molecular complexity index is 333. The van der Waals surface area contributed by atoms with Gasteiger partial charge in [0.2, 0.25) is 0 Å². The number of alkyl halides is 3. The quantitative estimate of drug-likeness (QED) is 0.652. The Balaban J connectivity index is 3.43. The lowest BCUT2D eigenvalue weighted by Gasteiger charge is -2.13. The molecule has 0 aliphatic carbocycles. The second kappa shape index (κ2) is 3.10. The van der Waals surface area contributed by atoms with Gasteiger partial charge < -0.3 is 5.73 Å². The van der Waals surface area contributed by atoms with E-state index in [0.29, 0.717) is 0 Å². The summed E-state index contributed by atoms with van der Waals surface area (Å²) in [4.78, 5) is 0. The van der Waals surface area contributed by atoms with Crippen LogP contribution in [0, 0.1) is 6.92 Å². The average molecular weight is 210 g/mol. The van der Waals surface area contributed by atoms with E-state index in [9.17, 15) is 13.2 Å². The summed E-state index contributed by atoms with van der Waals surface area (Å²) < 4.78 is 37.1. The molecule has 0 bridgehead atoms. The minimum atomic E-state index is -4.45. The van der Waals surface area contributed by atoms with E-state index in [-0.39, 0.29) is 10.6 Å². The lowest BCUT2D eigenvalue weighted by molar-refractivity contribution is -0.137. The van der Waals surface area contributed by atoms with Crippen molar-refractivity contribution in [3.8, 4) is 0 Å². The Hall–Kier alpha value is -0.900. The van der Waals surface area contributed by atoms with E-state index in [1.165, 1.54) is 19.1 Å². The van der Waals surface area contributed by atoms with Crippen molar-refractivity contribution in [2.75, 3.05) is 5.73 Å². The van der Waals surface area contributed by atoms with Crippen molar-refractivity contribution < 1.29 is 13.2 Å². The molecule has 2 N–H and O–H groups in total. The second-order valence-corrected chi connectivity index (χ2v) is 3.06. The fraction of sp³-hybridized carbons (Fsp3) is 0.250. The normalized spacial score (nSPS) is 11.8. The molecule has 0 spiro atoms. The highest BCUT2D eigenvalue weighted by Crippen LogP contribution is 2.38. The standard InChI is InChI=1S/C8H7ClF3N/c1-4-2-3-5(9)7(13)6(4)8(10,11)12/h2-3H,13H2,1H3. The molecule has 1 rings (SSSR count). The first-order chi connectivity index (χ1) is 5.84. The zero-order chi connectivity index (χ0) is 10.2. The first kappa shape index (κ1) is 10.2. The van der Waals surface area contributed by atoms with E-state index >= 15 is 0 Å². The Morgan fingerprint density at radius 2 is 1.85 bits per heavy atom. The molecule has 0 saturated carbocycles. The van der Waals surface area contributed by atoms with Crippen molar-refractivity contribution in [3.05, 3.63) is 28.3 Å². The van der Waals surface area contributed by atoms with Crippen LogP contribution < -0.4 is 5.73 Å². The van der Waals surface area contributed by atoms with Gasteiger partial charge in [0.05, 0.1) is 16.3 Å². The van der Waals surface area contributed by atoms with Crippen LogP contribution in [0.2, 0.25) is 5.02 Å². The maximum absolute atomic E-state index is 12.4. The third kappa shape index (κ3) is 1.88. The van der Waals surface area contributed by atoms with Crippen molar-refractivity contribution in [2.24, 2.45) is 0 Å². The van der Waals surface area contributed by atoms with E-state index in [4.69, 9.17) is 17.3 Å². The molecule has 0 aliphatic rings. The van der Waals surface area contributed by atoms with Gasteiger partial charge in [0.1, 0.15) is 0 Å². The molecule has 0 saturated heterocycles. The minimum absolute atomic E-state index is 0.0714. The van der Waals surface area contributed by atoms with Gasteiger partial charge in [-0.2, -0.15) is 13.2 Å². The third-order valence-corrected chi connectivity index (χ3v) is 2.01. The first-order valence-corrected chi connectivity index (χ1v) is 3.83. The second-order valence-electron chi connectivity index (χ2n) is 2.65. The Morgan fingerprint density at radius 3 is 2.23 bits per heavy atom. The summed E-state index contributed by atoms with van der Waals surface area (Å²) in [6.45, 7) is 1.34. The highest BCUT2D eigenvalue weighted by atomic mass is 35.5. The fourth-order valence-corrected chi connectivity index (χ4v) is 1.24. The van der Waals surface area contributed by atoms with Crippen LogP contribution >= 0.6 is 11.6 Å². The molecule has 72 valence electrons. The third-order valence-electron chi connectivity index (χ3n) is 1.68. The predicted molar refractivity (Wildman–Crippen MR) is 45.6 cm³/mol. The first-order valence-electron chi connectivity index (χ1n) is 3.46. The number of rotatable bonds is 0. The molecule has 1 aromatic carbocycles. The highest BCUT2D eigenvalue weighted by molar-refractivity contribution is 6.33. The lowest BCUT2D eigenvalue weighted by Crippen LogP contribution is -2.11. The number of nitrogens with two attached hydrogens (primary N) is 1. The average Bonchev–Trinajstić information content (AvgIpc) is 1.95. The fourth-order valence-electron chi connectivity index (χ4n) is 1.08. The molecule has 13 heavy (non-hydrogen) atoms. The SMILES string of the molecule is Cc1ccc(Cl)c(N)c1C(F)(F)F. The van der Waals surface area contributed by atoms with Gasteiger partial charge in [-0.1, -0.05) is 17.7 Å². The van der Waals surface area contributed by atoms with Crippen molar-refractivity contribution in [3.63, 3.8) is 0 Å². The molecule has 0 fully saturated rings. The number of nitrogen functional groups attached to an aromatic ring is 1. The van der Waals surface area contributed by atoms with Crippen LogP contribution in [-0.2, 0) is 6.18 Å². The molecule has 1 aromatic rings. The molecule has 0 amide bonds. The minimum Gasteiger partial charge on any atom is -0.397 e. The van der Waals surface area contributed by atoms with E-state index in [2.05, 4.69) is 0 Å². The van der Waals surface area contributed by atoms with Gasteiger partial charge in [-0.05, 0) is 18.6 Å². The molecule has 0 aliphatic heterocycles. The molecular formula is C8H7ClF3N. The van der Waals surface area contributed by atoms with Crippen molar-refractivity contribution in [1.29, 1.82) is 0 Å². The largest absolute Gasteiger partial charge is 0.418 e. The van der Waals surface area contributed by atoms with E-state index in [1.54, 1.807) is 0 Å². The molecule has 0 atom stereocenters. The van der Waals surface area contributed by atoms with Crippen LogP contribution in [0.3, 0.4) is 0 Å². The molecule has 1 nitrogen and oxygen atoms in total. The summed E-state index contributed by atoms with van der Waals surface area (Å²) in [5, 5.41) is -0.0714. The van der Waals surface area contributed by atoms with Gasteiger partial charge in [-0.3, -0.25) is 0 Å². The van der Waals surface area contributed by atoms with Crippen LogP contribution in [-0.4, -0.2) is 0 Å². The summed E-state index contributed by atoms with van der Waals surface area (Å²) in [5.41, 5.74) is 4.04. The van der Waals surface area contributed by atoms with Gasteiger partial charge in [0.15, 0.2) is 0 Å².